The minimum atomic E-state index is -0.922. The summed E-state index contributed by atoms with van der Waals surface area (Å²) in [4.78, 5) is 35.7. The Kier molecular flexibility index (Phi) is 4.16. The lowest BCUT2D eigenvalue weighted by Gasteiger charge is -2.17. The summed E-state index contributed by atoms with van der Waals surface area (Å²) in [5.74, 6) is -2.00. The van der Waals surface area contributed by atoms with Crippen molar-refractivity contribution in [2.45, 2.75) is 20.8 Å². The van der Waals surface area contributed by atoms with Gasteiger partial charge in [-0.15, -0.1) is 0 Å². The average Bonchev–Trinajstić information content (AvgIpc) is 2.80. The monoisotopic (exact) mass is 306 g/mol. The molecule has 7 nitrogen and oxygen atoms in total. The van der Waals surface area contributed by atoms with Crippen LogP contribution in [0.1, 0.15) is 28.4 Å². The molecular formula is C15H18N2O5. The van der Waals surface area contributed by atoms with Crippen LogP contribution in [0.25, 0.3) is 0 Å². The highest BCUT2D eigenvalue weighted by atomic mass is 16.6. The highest BCUT2D eigenvalue weighted by Crippen LogP contribution is 2.28. The summed E-state index contributed by atoms with van der Waals surface area (Å²) < 4.78 is 0. The van der Waals surface area contributed by atoms with E-state index in [9.17, 15) is 19.7 Å². The minimum Gasteiger partial charge on any atom is -0.481 e. The summed E-state index contributed by atoms with van der Waals surface area (Å²) in [6.45, 7) is 5.61. The van der Waals surface area contributed by atoms with Crippen molar-refractivity contribution in [3.63, 3.8) is 0 Å². The molecule has 0 aliphatic carbocycles. The summed E-state index contributed by atoms with van der Waals surface area (Å²) in [6, 6.07) is 2.89. The molecule has 1 fully saturated rings. The third-order valence-electron chi connectivity index (χ3n) is 4.19. The number of carboxylic acid groups (broad SMARTS) is 1. The molecule has 1 aromatic rings. The number of hydrogen-bond donors (Lipinski definition) is 1. The zero-order valence-electron chi connectivity index (χ0n) is 12.7. The zero-order chi connectivity index (χ0) is 16.6. The van der Waals surface area contributed by atoms with Gasteiger partial charge in [0.2, 0.25) is 0 Å². The third kappa shape index (κ3) is 2.79. The van der Waals surface area contributed by atoms with Gasteiger partial charge in [-0.1, -0.05) is 6.92 Å². The zero-order valence-corrected chi connectivity index (χ0v) is 12.7. The Labute approximate surface area is 127 Å². The van der Waals surface area contributed by atoms with Crippen LogP contribution in [-0.4, -0.2) is 39.9 Å². The topological polar surface area (TPSA) is 101 Å². The van der Waals surface area contributed by atoms with Gasteiger partial charge >= 0.3 is 5.97 Å². The molecule has 1 aliphatic rings. The Morgan fingerprint density at radius 2 is 1.91 bits per heavy atom. The van der Waals surface area contributed by atoms with E-state index in [-0.39, 0.29) is 29.6 Å². The fraction of sp³-hybridized carbons (Fsp3) is 0.467. The largest absolute Gasteiger partial charge is 0.481 e. The Bertz CT molecular complexity index is 656. The molecule has 0 radical (unpaired) electrons. The second-order valence-electron chi connectivity index (χ2n) is 5.84. The smallest absolute Gasteiger partial charge is 0.308 e. The molecule has 1 heterocycles. The van der Waals surface area contributed by atoms with Crippen molar-refractivity contribution >= 4 is 17.6 Å². The SMILES string of the molecule is Cc1cc(C)c([N+](=O)[O-])cc1C(=O)N1C[C@@H](C)[C@H](C(=O)O)C1. The maximum atomic E-state index is 12.6. The number of carbonyl (C=O) groups excluding carboxylic acids is 1. The van der Waals surface area contributed by atoms with Gasteiger partial charge in [-0.2, -0.15) is 0 Å². The molecule has 1 aliphatic heterocycles. The summed E-state index contributed by atoms with van der Waals surface area (Å²) in [6.07, 6.45) is 0. The van der Waals surface area contributed by atoms with Crippen molar-refractivity contribution in [1.82, 2.24) is 4.90 Å². The van der Waals surface area contributed by atoms with Crippen LogP contribution in [0.5, 0.6) is 0 Å². The number of rotatable bonds is 3. The molecule has 7 heteroatoms. The summed E-state index contributed by atoms with van der Waals surface area (Å²) in [5, 5.41) is 20.2. The number of benzene rings is 1. The van der Waals surface area contributed by atoms with Crippen LogP contribution in [0, 0.1) is 35.8 Å². The summed E-state index contributed by atoms with van der Waals surface area (Å²) in [7, 11) is 0. The highest BCUT2D eigenvalue weighted by Gasteiger charge is 2.37. The van der Waals surface area contributed by atoms with E-state index in [1.54, 1.807) is 26.8 Å². The molecular weight excluding hydrogens is 288 g/mol. The van der Waals surface area contributed by atoms with Gasteiger partial charge in [0.15, 0.2) is 0 Å². The standard InChI is InChI=1S/C15H18N2O5/c1-8-4-9(2)13(17(21)22)5-11(8)14(18)16-6-10(3)12(7-16)15(19)20/h4-5,10,12H,6-7H2,1-3H3,(H,19,20)/t10-,12-/m1/s1. The first-order valence-electron chi connectivity index (χ1n) is 7.00. The molecule has 0 saturated carbocycles. The van der Waals surface area contributed by atoms with Crippen LogP contribution in [0.4, 0.5) is 5.69 Å². The van der Waals surface area contributed by atoms with Crippen LogP contribution in [-0.2, 0) is 4.79 Å². The van der Waals surface area contributed by atoms with Crippen molar-refractivity contribution in [3.05, 3.63) is 38.9 Å². The lowest BCUT2D eigenvalue weighted by Crippen LogP contribution is -2.30. The van der Waals surface area contributed by atoms with Gasteiger partial charge in [0.05, 0.1) is 10.8 Å². The predicted octanol–water partition coefficient (Wildman–Crippen LogP) is 2.00. The number of aliphatic carboxylic acids is 1. The van der Waals surface area contributed by atoms with E-state index in [1.165, 1.54) is 11.0 Å². The van der Waals surface area contributed by atoms with Crippen molar-refractivity contribution in [3.8, 4) is 0 Å². The second-order valence-corrected chi connectivity index (χ2v) is 5.84. The normalized spacial score (nSPS) is 21.0. The number of nitro groups is 1. The van der Waals surface area contributed by atoms with Crippen LogP contribution < -0.4 is 0 Å². The lowest BCUT2D eigenvalue weighted by molar-refractivity contribution is -0.385. The Morgan fingerprint density at radius 1 is 1.27 bits per heavy atom. The second kappa shape index (κ2) is 5.75. The van der Waals surface area contributed by atoms with E-state index in [4.69, 9.17) is 5.11 Å². The van der Waals surface area contributed by atoms with Gasteiger partial charge in [-0.05, 0) is 31.4 Å². The molecule has 0 aromatic heterocycles. The Balaban J connectivity index is 2.33. The first-order chi connectivity index (χ1) is 10.2. The number of likely N-dealkylation sites (tertiary alicyclic amines) is 1. The molecule has 22 heavy (non-hydrogen) atoms. The van der Waals surface area contributed by atoms with E-state index in [0.29, 0.717) is 17.7 Å². The summed E-state index contributed by atoms with van der Waals surface area (Å²) in [5.41, 5.74) is 1.31. The average molecular weight is 306 g/mol. The van der Waals surface area contributed by atoms with Gasteiger partial charge in [0, 0.05) is 30.3 Å². The van der Waals surface area contributed by atoms with Crippen LogP contribution in [0.15, 0.2) is 12.1 Å². The van der Waals surface area contributed by atoms with E-state index >= 15 is 0 Å². The number of aryl methyl sites for hydroxylation is 2. The maximum Gasteiger partial charge on any atom is 0.308 e. The van der Waals surface area contributed by atoms with E-state index in [0.717, 1.165) is 0 Å². The number of nitrogens with zero attached hydrogens (tertiary/aromatic N) is 2. The highest BCUT2D eigenvalue weighted by molar-refractivity contribution is 5.97. The van der Waals surface area contributed by atoms with Crippen molar-refractivity contribution in [2.75, 3.05) is 13.1 Å². The third-order valence-corrected chi connectivity index (χ3v) is 4.19. The molecule has 1 aromatic carbocycles. The van der Waals surface area contributed by atoms with Gasteiger partial charge in [0.1, 0.15) is 0 Å². The maximum absolute atomic E-state index is 12.6. The number of carboxylic acids is 1. The van der Waals surface area contributed by atoms with Gasteiger partial charge in [-0.25, -0.2) is 0 Å². The van der Waals surface area contributed by atoms with E-state index < -0.39 is 16.8 Å². The number of nitro benzene ring substituents is 1. The van der Waals surface area contributed by atoms with Crippen LogP contribution in [0.3, 0.4) is 0 Å². The van der Waals surface area contributed by atoms with E-state index in [1.807, 2.05) is 0 Å². The van der Waals surface area contributed by atoms with Crippen LogP contribution >= 0.6 is 0 Å². The molecule has 2 rings (SSSR count). The van der Waals surface area contributed by atoms with E-state index in [2.05, 4.69) is 0 Å². The molecule has 1 amide bonds. The fourth-order valence-electron chi connectivity index (χ4n) is 2.89. The first-order valence-corrected chi connectivity index (χ1v) is 7.00. The van der Waals surface area contributed by atoms with Gasteiger partial charge in [-0.3, -0.25) is 19.7 Å². The number of carbonyl (C=O) groups is 2. The van der Waals surface area contributed by atoms with Gasteiger partial charge in [0.25, 0.3) is 11.6 Å². The minimum absolute atomic E-state index is 0.101. The molecule has 0 spiro atoms. The van der Waals surface area contributed by atoms with Gasteiger partial charge < -0.3 is 10.0 Å². The molecule has 2 atom stereocenters. The number of amides is 1. The fourth-order valence-corrected chi connectivity index (χ4v) is 2.89. The first kappa shape index (κ1) is 15.9. The lowest BCUT2D eigenvalue weighted by atomic mass is 9.99. The predicted molar refractivity (Wildman–Crippen MR) is 78.8 cm³/mol. The quantitative estimate of drug-likeness (QED) is 0.680. The summed E-state index contributed by atoms with van der Waals surface area (Å²) >= 11 is 0. The molecule has 118 valence electrons. The molecule has 0 unspecified atom stereocenters. The molecule has 1 N–H and O–H groups in total. The van der Waals surface area contributed by atoms with Crippen molar-refractivity contribution in [2.24, 2.45) is 11.8 Å². The number of hydrogen-bond acceptors (Lipinski definition) is 4. The Morgan fingerprint density at radius 3 is 2.41 bits per heavy atom. The van der Waals surface area contributed by atoms with Crippen molar-refractivity contribution < 1.29 is 19.6 Å². The van der Waals surface area contributed by atoms with Crippen molar-refractivity contribution in [1.29, 1.82) is 0 Å². The molecule has 0 bridgehead atoms. The Hall–Kier alpha value is -2.44. The van der Waals surface area contributed by atoms with Crippen LogP contribution in [0.2, 0.25) is 0 Å². The molecule has 1 saturated heterocycles.